The molecule has 4 aliphatic rings. The third-order valence-corrected chi connectivity index (χ3v) is 7.89. The van der Waals surface area contributed by atoms with E-state index in [1.165, 1.54) is 25.7 Å². The minimum absolute atomic E-state index is 0.183. The Hall–Kier alpha value is -2.14. The maximum Gasteiger partial charge on any atom is 0.245 e. The van der Waals surface area contributed by atoms with Crippen LogP contribution in [0.25, 0.3) is 11.3 Å². The lowest BCUT2D eigenvalue weighted by atomic mass is 9.42. The Kier molecular flexibility index (Phi) is 4.31. The molecule has 0 aliphatic heterocycles. The first kappa shape index (κ1) is 17.9. The van der Waals surface area contributed by atoms with Gasteiger partial charge < -0.3 is 0 Å². The van der Waals surface area contributed by atoms with Crippen molar-refractivity contribution in [1.29, 1.82) is 0 Å². The monoisotopic (exact) mass is 393 g/mol. The zero-order valence-corrected chi connectivity index (χ0v) is 17.0. The lowest BCUT2D eigenvalue weighted by Crippen LogP contribution is -2.57. The minimum Gasteiger partial charge on any atom is -0.273 e. The lowest BCUT2D eigenvalue weighted by molar-refractivity contribution is -0.156. The summed E-state index contributed by atoms with van der Waals surface area (Å²) < 4.78 is 1.90. The number of nitrogens with one attached hydrogen (secondary N) is 1. The van der Waals surface area contributed by atoms with Gasteiger partial charge in [-0.1, -0.05) is 42.8 Å². The average molecular weight is 394 g/mol. The standard InChI is InChI=1S/C23H27N3OS/c1-2-11-24-21-26(19(15-28-21)18-7-4-3-5-8-18)25-20(27)23-10-6-9-22(16-23)12-17(13-22)14-23/h2-5,7-8,15,17H,1,6,9-14,16H2,(H,25,27). The first-order chi connectivity index (χ1) is 13.6. The number of amides is 1. The fraction of sp³-hybridized carbons (Fsp3) is 0.478. The van der Waals surface area contributed by atoms with Gasteiger partial charge in [0.05, 0.1) is 17.7 Å². The zero-order chi connectivity index (χ0) is 19.2. The third-order valence-electron chi connectivity index (χ3n) is 7.03. The molecule has 1 amide bonds. The number of carbonyl (C=O) groups excluding carboxylic acids is 1. The van der Waals surface area contributed by atoms with Crippen molar-refractivity contribution in [1.82, 2.24) is 4.68 Å². The molecule has 0 radical (unpaired) electrons. The Labute approximate surface area is 170 Å². The molecule has 1 atom stereocenters. The Morgan fingerprint density at radius 1 is 1.29 bits per heavy atom. The summed E-state index contributed by atoms with van der Waals surface area (Å²) in [6, 6.07) is 10.2. The van der Waals surface area contributed by atoms with Gasteiger partial charge in [-0.15, -0.1) is 17.9 Å². The van der Waals surface area contributed by atoms with Crippen LogP contribution in [0.3, 0.4) is 0 Å². The van der Waals surface area contributed by atoms with Crippen LogP contribution in [-0.2, 0) is 4.79 Å². The molecule has 1 spiro atoms. The molecule has 5 heteroatoms. The van der Waals surface area contributed by atoms with Crippen molar-refractivity contribution in [2.45, 2.75) is 44.9 Å². The molecule has 1 aromatic heterocycles. The van der Waals surface area contributed by atoms with Crippen molar-refractivity contribution in [3.63, 3.8) is 0 Å². The molecule has 2 aromatic rings. The molecule has 0 saturated heterocycles. The molecule has 1 heterocycles. The van der Waals surface area contributed by atoms with Gasteiger partial charge in [0.1, 0.15) is 0 Å². The highest BCUT2D eigenvalue weighted by Gasteiger charge is 2.60. The Bertz CT molecular complexity index is 962. The van der Waals surface area contributed by atoms with E-state index in [2.05, 4.69) is 34.5 Å². The predicted octanol–water partition coefficient (Wildman–Crippen LogP) is 4.73. The topological polar surface area (TPSA) is 46.4 Å². The minimum atomic E-state index is -0.183. The maximum atomic E-state index is 13.6. The number of hydrogen-bond donors (Lipinski definition) is 1. The Morgan fingerprint density at radius 3 is 2.89 bits per heavy atom. The van der Waals surface area contributed by atoms with Crippen LogP contribution in [0.15, 0.2) is 53.4 Å². The summed E-state index contributed by atoms with van der Waals surface area (Å²) in [5.41, 5.74) is 5.64. The van der Waals surface area contributed by atoms with Gasteiger partial charge in [-0.25, -0.2) is 4.68 Å². The van der Waals surface area contributed by atoms with Crippen LogP contribution < -0.4 is 10.2 Å². The van der Waals surface area contributed by atoms with Crippen LogP contribution in [0, 0.1) is 16.7 Å². The zero-order valence-electron chi connectivity index (χ0n) is 16.2. The highest BCUT2D eigenvalue weighted by molar-refractivity contribution is 7.07. The normalized spacial score (nSPS) is 31.1. The summed E-state index contributed by atoms with van der Waals surface area (Å²) in [6.07, 6.45) is 10.2. The second-order valence-corrected chi connectivity index (χ2v) is 9.80. The van der Waals surface area contributed by atoms with E-state index in [1.54, 1.807) is 17.4 Å². The highest BCUT2D eigenvalue weighted by Crippen LogP contribution is 2.68. The van der Waals surface area contributed by atoms with Crippen molar-refractivity contribution in [2.24, 2.45) is 21.7 Å². The van der Waals surface area contributed by atoms with Gasteiger partial charge in [0, 0.05) is 10.9 Å². The molecule has 3 bridgehead atoms. The Balaban J connectivity index is 1.50. The summed E-state index contributed by atoms with van der Waals surface area (Å²) in [5.74, 6) is 0.947. The summed E-state index contributed by atoms with van der Waals surface area (Å²) in [6.45, 7) is 4.31. The summed E-state index contributed by atoms with van der Waals surface area (Å²) in [5, 5.41) is 2.08. The van der Waals surface area contributed by atoms with Crippen molar-refractivity contribution in [3.05, 3.63) is 53.2 Å². The van der Waals surface area contributed by atoms with Crippen LogP contribution in [0.4, 0.5) is 0 Å². The van der Waals surface area contributed by atoms with E-state index in [0.29, 0.717) is 12.0 Å². The van der Waals surface area contributed by atoms with Crippen molar-refractivity contribution >= 4 is 17.2 Å². The summed E-state index contributed by atoms with van der Waals surface area (Å²) in [4.78, 5) is 19.0. The number of benzene rings is 1. The molecule has 1 aromatic carbocycles. The van der Waals surface area contributed by atoms with Crippen LogP contribution in [0.5, 0.6) is 0 Å². The smallest absolute Gasteiger partial charge is 0.245 e. The second kappa shape index (κ2) is 6.73. The first-order valence-electron chi connectivity index (χ1n) is 10.3. The molecule has 4 fully saturated rings. The van der Waals surface area contributed by atoms with E-state index in [0.717, 1.165) is 41.2 Å². The maximum absolute atomic E-state index is 13.6. The number of thiazole rings is 1. The Morgan fingerprint density at radius 2 is 2.11 bits per heavy atom. The van der Waals surface area contributed by atoms with Gasteiger partial charge in [-0.05, 0) is 49.9 Å². The van der Waals surface area contributed by atoms with Gasteiger partial charge >= 0.3 is 0 Å². The highest BCUT2D eigenvalue weighted by atomic mass is 32.1. The molecule has 1 N–H and O–H groups in total. The van der Waals surface area contributed by atoms with E-state index in [-0.39, 0.29) is 11.3 Å². The SMILES string of the molecule is C=CCN=c1scc(-c2ccccc2)n1NC(=O)C12CCCC3(CC(C3)C1)C2. The average Bonchev–Trinajstić information content (AvgIpc) is 3.08. The summed E-state index contributed by atoms with van der Waals surface area (Å²) in [7, 11) is 0. The quantitative estimate of drug-likeness (QED) is 0.733. The number of carbonyl (C=O) groups is 1. The number of rotatable bonds is 5. The van der Waals surface area contributed by atoms with Crippen LogP contribution in [-0.4, -0.2) is 17.1 Å². The molecule has 4 saturated carbocycles. The van der Waals surface area contributed by atoms with Crippen LogP contribution in [0.2, 0.25) is 0 Å². The van der Waals surface area contributed by atoms with Crippen molar-refractivity contribution in [3.8, 4) is 11.3 Å². The largest absolute Gasteiger partial charge is 0.273 e. The number of nitrogens with zero attached hydrogens (tertiary/aromatic N) is 2. The molecular formula is C23H27N3OS. The van der Waals surface area contributed by atoms with Gasteiger partial charge in [-0.2, -0.15) is 0 Å². The van der Waals surface area contributed by atoms with Gasteiger partial charge in [0.25, 0.3) is 0 Å². The van der Waals surface area contributed by atoms with Gasteiger partial charge in [0.15, 0.2) is 0 Å². The van der Waals surface area contributed by atoms with Crippen LogP contribution >= 0.6 is 11.3 Å². The van der Waals surface area contributed by atoms with E-state index >= 15 is 0 Å². The van der Waals surface area contributed by atoms with E-state index < -0.39 is 0 Å². The molecule has 4 aliphatic carbocycles. The van der Waals surface area contributed by atoms with Gasteiger partial charge in [-0.3, -0.25) is 15.2 Å². The molecule has 28 heavy (non-hydrogen) atoms. The van der Waals surface area contributed by atoms with Crippen molar-refractivity contribution in [2.75, 3.05) is 12.0 Å². The van der Waals surface area contributed by atoms with Crippen molar-refractivity contribution < 1.29 is 4.79 Å². The van der Waals surface area contributed by atoms with E-state index in [4.69, 9.17) is 0 Å². The molecule has 4 nitrogen and oxygen atoms in total. The van der Waals surface area contributed by atoms with Crippen LogP contribution in [0.1, 0.15) is 44.9 Å². The fourth-order valence-electron chi connectivity index (χ4n) is 6.07. The van der Waals surface area contributed by atoms with E-state index in [1.807, 2.05) is 22.9 Å². The second-order valence-electron chi connectivity index (χ2n) is 8.96. The van der Waals surface area contributed by atoms with E-state index in [9.17, 15) is 4.79 Å². The number of hydrogen-bond acceptors (Lipinski definition) is 3. The predicted molar refractivity (Wildman–Crippen MR) is 113 cm³/mol. The first-order valence-corrected chi connectivity index (χ1v) is 11.2. The molecule has 6 rings (SSSR count). The summed E-state index contributed by atoms with van der Waals surface area (Å²) >= 11 is 1.56. The molecule has 146 valence electrons. The number of aromatic nitrogens is 1. The third kappa shape index (κ3) is 2.87. The van der Waals surface area contributed by atoms with Gasteiger partial charge in [0.2, 0.25) is 10.7 Å². The lowest BCUT2D eigenvalue weighted by Gasteiger charge is -2.62. The molecule has 1 unspecified atom stereocenters. The molecular weight excluding hydrogens is 366 g/mol. The fourth-order valence-corrected chi connectivity index (χ4v) is 6.93.